The summed E-state index contributed by atoms with van der Waals surface area (Å²) in [6.45, 7) is 0.727. The predicted octanol–water partition coefficient (Wildman–Crippen LogP) is 0.562. The van der Waals surface area contributed by atoms with Crippen molar-refractivity contribution in [2.45, 2.75) is 18.9 Å². The number of halogens is 1. The molecular weight excluding hydrogens is 297 g/mol. The molecule has 1 heterocycles. The Hall–Kier alpha value is -1.67. The second-order valence-electron chi connectivity index (χ2n) is 5.11. The van der Waals surface area contributed by atoms with Crippen LogP contribution in [0, 0.1) is 5.82 Å². The van der Waals surface area contributed by atoms with Crippen molar-refractivity contribution in [3.63, 3.8) is 0 Å². The van der Waals surface area contributed by atoms with Crippen LogP contribution < -0.4 is 11.1 Å². The van der Waals surface area contributed by atoms with Gasteiger partial charge in [0.05, 0.1) is 17.5 Å². The van der Waals surface area contributed by atoms with Crippen LogP contribution in [0.1, 0.15) is 23.2 Å². The van der Waals surface area contributed by atoms with Crippen LogP contribution >= 0.6 is 0 Å². The number of hydrogen-bond donors (Lipinski definition) is 2. The first-order chi connectivity index (χ1) is 9.79. The summed E-state index contributed by atoms with van der Waals surface area (Å²) in [5.74, 6) is -1.07. The number of carbonyl (C=O) groups excluding carboxylic acids is 1. The van der Waals surface area contributed by atoms with Crippen LogP contribution in [0.15, 0.2) is 18.2 Å². The van der Waals surface area contributed by atoms with E-state index >= 15 is 0 Å². The van der Waals surface area contributed by atoms with Crippen molar-refractivity contribution in [1.82, 2.24) is 9.62 Å². The number of para-hydroxylation sites is 1. The molecule has 0 spiro atoms. The third kappa shape index (κ3) is 3.70. The molecule has 8 heteroatoms. The minimum Gasteiger partial charge on any atom is -0.396 e. The first-order valence-corrected chi connectivity index (χ1v) is 8.44. The molecule has 1 aromatic carbocycles. The molecule has 0 unspecified atom stereocenters. The van der Waals surface area contributed by atoms with Gasteiger partial charge >= 0.3 is 0 Å². The molecule has 3 N–H and O–H groups in total. The summed E-state index contributed by atoms with van der Waals surface area (Å²) in [6, 6.07) is 3.93. The van der Waals surface area contributed by atoms with Crippen molar-refractivity contribution in [3.8, 4) is 0 Å². The Morgan fingerprint density at radius 3 is 2.57 bits per heavy atom. The van der Waals surface area contributed by atoms with Gasteiger partial charge in [-0.15, -0.1) is 0 Å². The van der Waals surface area contributed by atoms with E-state index in [1.165, 1.54) is 28.8 Å². The van der Waals surface area contributed by atoms with Crippen LogP contribution in [0.2, 0.25) is 0 Å². The molecule has 1 saturated heterocycles. The number of nitrogens with two attached hydrogens (primary N) is 1. The third-order valence-electron chi connectivity index (χ3n) is 3.56. The Morgan fingerprint density at radius 2 is 2.00 bits per heavy atom. The Labute approximate surface area is 123 Å². The highest BCUT2D eigenvalue weighted by Crippen LogP contribution is 2.18. The second kappa shape index (κ2) is 5.98. The number of rotatable bonds is 3. The first-order valence-electron chi connectivity index (χ1n) is 6.59. The smallest absolute Gasteiger partial charge is 0.253 e. The maximum atomic E-state index is 13.3. The highest BCUT2D eigenvalue weighted by Gasteiger charge is 2.26. The second-order valence-corrected chi connectivity index (χ2v) is 7.09. The molecule has 2 rings (SSSR count). The van der Waals surface area contributed by atoms with Crippen LogP contribution in [0.5, 0.6) is 0 Å². The van der Waals surface area contributed by atoms with Gasteiger partial charge < -0.3 is 11.1 Å². The molecule has 0 aliphatic carbocycles. The molecule has 1 fully saturated rings. The molecule has 6 nitrogen and oxygen atoms in total. The molecule has 1 aromatic rings. The van der Waals surface area contributed by atoms with E-state index in [1.807, 2.05) is 0 Å². The van der Waals surface area contributed by atoms with Gasteiger partial charge in [0.2, 0.25) is 10.0 Å². The lowest BCUT2D eigenvalue weighted by molar-refractivity contribution is 0.0924. The molecule has 1 amide bonds. The lowest BCUT2D eigenvalue weighted by Crippen LogP contribution is -2.46. The van der Waals surface area contributed by atoms with Gasteiger partial charge in [-0.05, 0) is 25.0 Å². The van der Waals surface area contributed by atoms with Gasteiger partial charge in [-0.2, -0.15) is 0 Å². The van der Waals surface area contributed by atoms with Gasteiger partial charge in [-0.25, -0.2) is 17.1 Å². The van der Waals surface area contributed by atoms with Crippen LogP contribution in [0.4, 0.5) is 10.1 Å². The Morgan fingerprint density at radius 1 is 1.38 bits per heavy atom. The standard InChI is InChI=1S/C13H18FN3O3S/c1-21(19,20)17-7-5-9(6-8-17)16-13(18)10-3-2-4-11(14)12(10)15/h2-4,9H,5-8,15H2,1H3,(H,16,18). The van der Waals surface area contributed by atoms with Gasteiger partial charge in [0.25, 0.3) is 5.91 Å². The maximum Gasteiger partial charge on any atom is 0.253 e. The van der Waals surface area contributed by atoms with E-state index in [9.17, 15) is 17.6 Å². The zero-order valence-electron chi connectivity index (χ0n) is 11.7. The van der Waals surface area contributed by atoms with Crippen molar-refractivity contribution < 1.29 is 17.6 Å². The lowest BCUT2D eigenvalue weighted by Gasteiger charge is -2.30. The van der Waals surface area contributed by atoms with E-state index in [2.05, 4.69) is 5.32 Å². The average molecular weight is 315 g/mol. The van der Waals surface area contributed by atoms with E-state index in [0.29, 0.717) is 25.9 Å². The van der Waals surface area contributed by atoms with E-state index < -0.39 is 21.7 Å². The summed E-state index contributed by atoms with van der Waals surface area (Å²) in [6.07, 6.45) is 2.21. The van der Waals surface area contributed by atoms with Gasteiger partial charge in [0.1, 0.15) is 5.82 Å². The van der Waals surface area contributed by atoms with Crippen LogP contribution in [0.25, 0.3) is 0 Å². The zero-order valence-corrected chi connectivity index (χ0v) is 12.5. The molecule has 0 radical (unpaired) electrons. The average Bonchev–Trinajstić information content (AvgIpc) is 2.41. The molecule has 1 aliphatic rings. The molecule has 0 atom stereocenters. The fraction of sp³-hybridized carbons (Fsp3) is 0.462. The summed E-state index contributed by atoms with van der Waals surface area (Å²) in [7, 11) is -3.19. The van der Waals surface area contributed by atoms with Crippen LogP contribution in [-0.2, 0) is 10.0 Å². The number of sulfonamides is 1. The van der Waals surface area contributed by atoms with Gasteiger partial charge in [0.15, 0.2) is 0 Å². The zero-order chi connectivity index (χ0) is 15.6. The molecule has 1 aliphatic heterocycles. The largest absolute Gasteiger partial charge is 0.396 e. The Balaban J connectivity index is 1.98. The Bertz CT molecular complexity index is 640. The molecule has 116 valence electrons. The molecule has 0 aromatic heterocycles. The fourth-order valence-corrected chi connectivity index (χ4v) is 3.20. The highest BCUT2D eigenvalue weighted by atomic mass is 32.2. The number of benzene rings is 1. The molecular formula is C13H18FN3O3S. The first kappa shape index (κ1) is 15.7. The number of hydrogen-bond acceptors (Lipinski definition) is 4. The summed E-state index contributed by atoms with van der Waals surface area (Å²) in [4.78, 5) is 12.1. The quantitative estimate of drug-likeness (QED) is 0.797. The molecule has 0 saturated carbocycles. The normalized spacial score (nSPS) is 17.6. The monoisotopic (exact) mass is 315 g/mol. The van der Waals surface area contributed by atoms with Crippen molar-refractivity contribution in [1.29, 1.82) is 0 Å². The third-order valence-corrected chi connectivity index (χ3v) is 4.86. The van der Waals surface area contributed by atoms with Gasteiger partial charge in [-0.1, -0.05) is 6.07 Å². The highest BCUT2D eigenvalue weighted by molar-refractivity contribution is 7.88. The topological polar surface area (TPSA) is 92.5 Å². The van der Waals surface area contributed by atoms with E-state index in [0.717, 1.165) is 0 Å². The number of piperidine rings is 1. The number of carbonyl (C=O) groups is 1. The van der Waals surface area contributed by atoms with Crippen molar-refractivity contribution in [3.05, 3.63) is 29.6 Å². The number of nitrogens with zero attached hydrogens (tertiary/aromatic N) is 1. The summed E-state index contributed by atoms with van der Waals surface area (Å²) in [5.41, 5.74) is 5.46. The summed E-state index contributed by atoms with van der Waals surface area (Å²) >= 11 is 0. The minimum atomic E-state index is -3.19. The van der Waals surface area contributed by atoms with E-state index in [4.69, 9.17) is 5.73 Å². The maximum absolute atomic E-state index is 13.3. The van der Waals surface area contributed by atoms with Crippen molar-refractivity contribution in [2.24, 2.45) is 0 Å². The number of anilines is 1. The van der Waals surface area contributed by atoms with Crippen molar-refractivity contribution >= 4 is 21.6 Å². The Kier molecular flexibility index (Phi) is 4.48. The van der Waals surface area contributed by atoms with E-state index in [-0.39, 0.29) is 17.3 Å². The number of nitrogens with one attached hydrogen (secondary N) is 1. The van der Waals surface area contributed by atoms with Gasteiger partial charge in [-0.3, -0.25) is 4.79 Å². The summed E-state index contributed by atoms with van der Waals surface area (Å²) in [5, 5.41) is 2.77. The molecule has 0 bridgehead atoms. The lowest BCUT2D eigenvalue weighted by atomic mass is 10.1. The van der Waals surface area contributed by atoms with Crippen LogP contribution in [-0.4, -0.2) is 44.0 Å². The van der Waals surface area contributed by atoms with Crippen molar-refractivity contribution in [2.75, 3.05) is 25.1 Å². The SMILES string of the molecule is CS(=O)(=O)N1CCC(NC(=O)c2cccc(F)c2N)CC1. The van der Waals surface area contributed by atoms with Crippen LogP contribution in [0.3, 0.4) is 0 Å². The number of amides is 1. The van der Waals surface area contributed by atoms with Gasteiger partial charge in [0, 0.05) is 19.1 Å². The number of nitrogen functional groups attached to an aromatic ring is 1. The predicted molar refractivity (Wildman–Crippen MR) is 77.7 cm³/mol. The summed E-state index contributed by atoms with van der Waals surface area (Å²) < 4.78 is 37.5. The van der Waals surface area contributed by atoms with E-state index in [1.54, 1.807) is 0 Å². The minimum absolute atomic E-state index is 0.0977. The molecule has 21 heavy (non-hydrogen) atoms. The fourth-order valence-electron chi connectivity index (χ4n) is 2.33.